The highest BCUT2D eigenvalue weighted by Crippen LogP contribution is 2.31. The molecule has 2 N–H and O–H groups in total. The van der Waals surface area contributed by atoms with Crippen LogP contribution in [0.25, 0.3) is 0 Å². The molecule has 0 radical (unpaired) electrons. The Morgan fingerprint density at radius 1 is 1.06 bits per heavy atom. The van der Waals surface area contributed by atoms with E-state index in [0.717, 1.165) is 25.8 Å². The molecule has 0 saturated heterocycles. The van der Waals surface area contributed by atoms with Crippen molar-refractivity contribution in [3.63, 3.8) is 0 Å². The van der Waals surface area contributed by atoms with Gasteiger partial charge in [-0.15, -0.1) is 0 Å². The molecule has 1 amide bonds. The number of carbonyl (C=O) groups excluding carboxylic acids is 1. The number of hydrogen-bond acceptors (Lipinski definition) is 2. The smallest absolute Gasteiger partial charge is 0.225 e. The maximum atomic E-state index is 12.5. The fourth-order valence-electron chi connectivity index (χ4n) is 2.88. The van der Waals surface area contributed by atoms with Crippen LogP contribution in [0.4, 0.5) is 0 Å². The van der Waals surface area contributed by atoms with Gasteiger partial charge in [-0.1, -0.05) is 25.7 Å². The van der Waals surface area contributed by atoms with Gasteiger partial charge in [0.15, 0.2) is 0 Å². The van der Waals surface area contributed by atoms with Crippen LogP contribution >= 0.6 is 0 Å². The van der Waals surface area contributed by atoms with Crippen molar-refractivity contribution in [2.24, 2.45) is 11.7 Å². The van der Waals surface area contributed by atoms with Crippen LogP contribution < -0.4 is 5.73 Å². The van der Waals surface area contributed by atoms with Crippen molar-refractivity contribution in [2.75, 3.05) is 13.1 Å². The lowest BCUT2D eigenvalue weighted by atomic mass is 9.98. The zero-order valence-corrected chi connectivity index (χ0v) is 10.9. The van der Waals surface area contributed by atoms with Gasteiger partial charge >= 0.3 is 0 Å². The van der Waals surface area contributed by atoms with Gasteiger partial charge in [-0.25, -0.2) is 0 Å². The molecule has 2 aliphatic carbocycles. The third-order valence-electron chi connectivity index (χ3n) is 4.08. The van der Waals surface area contributed by atoms with Gasteiger partial charge in [0.2, 0.25) is 5.91 Å². The summed E-state index contributed by atoms with van der Waals surface area (Å²) < 4.78 is 0. The van der Waals surface area contributed by atoms with Gasteiger partial charge < -0.3 is 10.6 Å². The Kier molecular flexibility index (Phi) is 4.84. The Hall–Kier alpha value is -0.570. The molecule has 0 aromatic rings. The molecule has 0 heterocycles. The molecule has 0 bridgehead atoms. The highest BCUT2D eigenvalue weighted by molar-refractivity contribution is 5.79. The van der Waals surface area contributed by atoms with E-state index in [-0.39, 0.29) is 0 Å². The summed E-state index contributed by atoms with van der Waals surface area (Å²) in [5.74, 6) is 0.749. The maximum Gasteiger partial charge on any atom is 0.225 e. The molecule has 3 nitrogen and oxygen atoms in total. The minimum absolute atomic E-state index is 0.316. The average molecular weight is 238 g/mol. The summed E-state index contributed by atoms with van der Waals surface area (Å²) in [6.45, 7) is 1.58. The number of amides is 1. The van der Waals surface area contributed by atoms with Crippen LogP contribution in [-0.4, -0.2) is 29.9 Å². The number of hydrogen-bond donors (Lipinski definition) is 1. The van der Waals surface area contributed by atoms with E-state index in [1.165, 1.54) is 38.5 Å². The van der Waals surface area contributed by atoms with Crippen molar-refractivity contribution >= 4 is 5.91 Å². The predicted molar refractivity (Wildman–Crippen MR) is 69.6 cm³/mol. The van der Waals surface area contributed by atoms with E-state index < -0.39 is 0 Å². The normalized spacial score (nSPS) is 22.2. The molecule has 2 fully saturated rings. The molecule has 2 aliphatic rings. The van der Waals surface area contributed by atoms with Gasteiger partial charge in [0, 0.05) is 18.5 Å². The van der Waals surface area contributed by atoms with Crippen LogP contribution in [0.2, 0.25) is 0 Å². The summed E-state index contributed by atoms with van der Waals surface area (Å²) in [4.78, 5) is 14.7. The quantitative estimate of drug-likeness (QED) is 0.747. The van der Waals surface area contributed by atoms with Crippen LogP contribution in [0, 0.1) is 5.92 Å². The third kappa shape index (κ3) is 3.70. The summed E-state index contributed by atoms with van der Waals surface area (Å²) in [5.41, 5.74) is 5.56. The summed E-state index contributed by atoms with van der Waals surface area (Å²) >= 11 is 0. The van der Waals surface area contributed by atoms with Crippen LogP contribution in [0.1, 0.15) is 57.8 Å². The molecule has 0 unspecified atom stereocenters. The first-order valence-corrected chi connectivity index (χ1v) is 7.33. The second kappa shape index (κ2) is 6.39. The first kappa shape index (κ1) is 12.9. The highest BCUT2D eigenvalue weighted by Gasteiger charge is 2.35. The van der Waals surface area contributed by atoms with Crippen LogP contribution in [0.15, 0.2) is 0 Å². The van der Waals surface area contributed by atoms with Gasteiger partial charge in [0.05, 0.1) is 0 Å². The van der Waals surface area contributed by atoms with Crippen molar-refractivity contribution in [1.29, 1.82) is 0 Å². The summed E-state index contributed by atoms with van der Waals surface area (Å²) in [7, 11) is 0. The van der Waals surface area contributed by atoms with Crippen molar-refractivity contribution in [3.8, 4) is 0 Å². The average Bonchev–Trinajstić information content (AvgIpc) is 3.16. The number of nitrogens with two attached hydrogens (primary N) is 1. The molecule has 0 aromatic heterocycles. The van der Waals surface area contributed by atoms with Gasteiger partial charge in [-0.05, 0) is 38.6 Å². The monoisotopic (exact) mass is 238 g/mol. The Labute approximate surface area is 105 Å². The summed E-state index contributed by atoms with van der Waals surface area (Å²) in [5, 5.41) is 0. The van der Waals surface area contributed by atoms with Crippen molar-refractivity contribution < 1.29 is 4.79 Å². The van der Waals surface area contributed by atoms with Crippen molar-refractivity contribution in [3.05, 3.63) is 0 Å². The molecule has 98 valence electrons. The second-order valence-electron chi connectivity index (χ2n) is 5.59. The van der Waals surface area contributed by atoms with E-state index >= 15 is 0 Å². The molecular weight excluding hydrogens is 212 g/mol. The molecule has 0 atom stereocenters. The topological polar surface area (TPSA) is 46.3 Å². The molecule has 0 aliphatic heterocycles. The lowest BCUT2D eigenvalue weighted by Gasteiger charge is -2.26. The minimum atomic E-state index is 0.316. The van der Waals surface area contributed by atoms with E-state index in [0.29, 0.717) is 24.4 Å². The van der Waals surface area contributed by atoms with E-state index in [2.05, 4.69) is 4.90 Å². The van der Waals surface area contributed by atoms with E-state index in [1.54, 1.807) is 0 Å². The summed E-state index contributed by atoms with van der Waals surface area (Å²) in [6.07, 6.45) is 10.7. The lowest BCUT2D eigenvalue weighted by Crippen LogP contribution is -2.39. The van der Waals surface area contributed by atoms with Crippen LogP contribution in [-0.2, 0) is 4.79 Å². The molecule has 2 saturated carbocycles. The van der Waals surface area contributed by atoms with Gasteiger partial charge in [0.1, 0.15) is 0 Å². The van der Waals surface area contributed by atoms with Gasteiger partial charge in [0.25, 0.3) is 0 Å². The number of carbonyl (C=O) groups is 1. The third-order valence-corrected chi connectivity index (χ3v) is 4.08. The van der Waals surface area contributed by atoms with Crippen molar-refractivity contribution in [1.82, 2.24) is 4.90 Å². The van der Waals surface area contributed by atoms with E-state index in [9.17, 15) is 4.79 Å². The fraction of sp³-hybridized carbons (Fsp3) is 0.929. The number of nitrogens with zero attached hydrogens (tertiary/aromatic N) is 1. The van der Waals surface area contributed by atoms with E-state index in [1.807, 2.05) is 0 Å². The number of rotatable bonds is 5. The molecule has 17 heavy (non-hydrogen) atoms. The van der Waals surface area contributed by atoms with Crippen LogP contribution in [0.3, 0.4) is 0 Å². The Bertz CT molecular complexity index is 243. The SMILES string of the molecule is NCCCN(C(=O)C1CCCCCC1)C1CC1. The van der Waals surface area contributed by atoms with Gasteiger partial charge in [-0.2, -0.15) is 0 Å². The Morgan fingerprint density at radius 3 is 2.24 bits per heavy atom. The standard InChI is InChI=1S/C14H26N2O/c15-10-5-11-16(13-8-9-13)14(17)12-6-3-1-2-4-7-12/h12-13H,1-11,15H2. The molecule has 0 aromatic carbocycles. The maximum absolute atomic E-state index is 12.5. The first-order valence-electron chi connectivity index (χ1n) is 7.33. The van der Waals surface area contributed by atoms with Crippen LogP contribution in [0.5, 0.6) is 0 Å². The van der Waals surface area contributed by atoms with Gasteiger partial charge in [-0.3, -0.25) is 4.79 Å². The predicted octanol–water partition coefficient (Wildman–Crippen LogP) is 2.30. The largest absolute Gasteiger partial charge is 0.339 e. The second-order valence-corrected chi connectivity index (χ2v) is 5.59. The summed E-state index contributed by atoms with van der Waals surface area (Å²) in [6, 6.07) is 0.553. The highest BCUT2D eigenvalue weighted by atomic mass is 16.2. The Morgan fingerprint density at radius 2 is 1.71 bits per heavy atom. The zero-order valence-electron chi connectivity index (χ0n) is 10.9. The molecular formula is C14H26N2O. The molecule has 0 spiro atoms. The van der Waals surface area contributed by atoms with Crippen molar-refractivity contribution in [2.45, 2.75) is 63.8 Å². The fourth-order valence-corrected chi connectivity index (χ4v) is 2.88. The molecule has 2 rings (SSSR count). The van der Waals surface area contributed by atoms with E-state index in [4.69, 9.17) is 5.73 Å². The lowest BCUT2D eigenvalue weighted by molar-refractivity contribution is -0.136. The minimum Gasteiger partial charge on any atom is -0.339 e. The Balaban J connectivity index is 1.89. The molecule has 3 heteroatoms. The zero-order chi connectivity index (χ0) is 12.1. The first-order chi connectivity index (χ1) is 8.33.